The third-order valence-electron chi connectivity index (χ3n) is 3.68. The minimum absolute atomic E-state index is 0.0622. The number of hydrogen-bond acceptors (Lipinski definition) is 3. The van der Waals surface area contributed by atoms with Crippen LogP contribution in [0.4, 0.5) is 4.39 Å². The number of halogens is 1. The molecule has 0 bridgehead atoms. The molecule has 0 aromatic heterocycles. The van der Waals surface area contributed by atoms with Crippen molar-refractivity contribution in [2.75, 3.05) is 13.2 Å². The zero-order chi connectivity index (χ0) is 17.4. The minimum atomic E-state index is -0.904. The van der Waals surface area contributed by atoms with Crippen LogP contribution in [0.3, 0.4) is 0 Å². The summed E-state index contributed by atoms with van der Waals surface area (Å²) in [6.45, 7) is 2.08. The first-order chi connectivity index (χ1) is 11.6. The van der Waals surface area contributed by atoms with Crippen molar-refractivity contribution in [2.24, 2.45) is 0 Å². The molecule has 128 valence electrons. The maximum atomic E-state index is 12.9. The Hall–Kier alpha value is -2.24. The fourth-order valence-electron chi connectivity index (χ4n) is 2.32. The standard InChI is InChI=1S/C19H22FNO3/c1-14(19(23)16-7-9-17(20)10-8-16)21-18(22)13-24-12-11-15-5-3-2-4-6-15/h2-10,14,19,23H,11-13H2,1H3,(H,21,22). The molecule has 2 atom stereocenters. The van der Waals surface area contributed by atoms with Gasteiger partial charge in [-0.15, -0.1) is 0 Å². The van der Waals surface area contributed by atoms with Gasteiger partial charge in [-0.1, -0.05) is 42.5 Å². The van der Waals surface area contributed by atoms with E-state index in [1.165, 1.54) is 24.3 Å². The van der Waals surface area contributed by atoms with Crippen LogP contribution in [-0.4, -0.2) is 30.3 Å². The van der Waals surface area contributed by atoms with Crippen LogP contribution in [0.1, 0.15) is 24.2 Å². The number of ether oxygens (including phenoxy) is 1. The van der Waals surface area contributed by atoms with Crippen molar-refractivity contribution >= 4 is 5.91 Å². The van der Waals surface area contributed by atoms with Gasteiger partial charge in [-0.25, -0.2) is 4.39 Å². The lowest BCUT2D eigenvalue weighted by atomic mass is 10.0. The van der Waals surface area contributed by atoms with E-state index >= 15 is 0 Å². The van der Waals surface area contributed by atoms with Crippen LogP contribution >= 0.6 is 0 Å². The largest absolute Gasteiger partial charge is 0.386 e. The molecular formula is C19H22FNO3. The van der Waals surface area contributed by atoms with Crippen molar-refractivity contribution in [1.29, 1.82) is 0 Å². The summed E-state index contributed by atoms with van der Waals surface area (Å²) in [5.74, 6) is -0.661. The van der Waals surface area contributed by atoms with Crippen molar-refractivity contribution in [3.63, 3.8) is 0 Å². The van der Waals surface area contributed by atoms with Crippen molar-refractivity contribution < 1.29 is 19.0 Å². The lowest BCUT2D eigenvalue weighted by Gasteiger charge is -2.20. The highest BCUT2D eigenvalue weighted by atomic mass is 19.1. The summed E-state index contributed by atoms with van der Waals surface area (Å²) in [7, 11) is 0. The van der Waals surface area contributed by atoms with E-state index in [1.54, 1.807) is 6.92 Å². The molecule has 0 heterocycles. The van der Waals surface area contributed by atoms with Crippen molar-refractivity contribution in [2.45, 2.75) is 25.5 Å². The molecule has 2 rings (SSSR count). The summed E-state index contributed by atoms with van der Waals surface area (Å²) < 4.78 is 18.2. The highest BCUT2D eigenvalue weighted by Gasteiger charge is 2.18. The van der Waals surface area contributed by atoms with Crippen LogP contribution in [0.2, 0.25) is 0 Å². The maximum Gasteiger partial charge on any atom is 0.246 e. The Morgan fingerprint density at radius 1 is 1.17 bits per heavy atom. The van der Waals surface area contributed by atoms with Crippen LogP contribution in [0.5, 0.6) is 0 Å². The lowest BCUT2D eigenvalue weighted by Crippen LogP contribution is -2.39. The number of hydrogen-bond donors (Lipinski definition) is 2. The number of carbonyl (C=O) groups is 1. The fraction of sp³-hybridized carbons (Fsp3) is 0.316. The van der Waals surface area contributed by atoms with Crippen LogP contribution in [0.25, 0.3) is 0 Å². The SMILES string of the molecule is CC(NC(=O)COCCc1ccccc1)C(O)c1ccc(F)cc1. The molecule has 5 heteroatoms. The number of carbonyl (C=O) groups excluding carboxylic acids is 1. The average Bonchev–Trinajstić information content (AvgIpc) is 2.59. The molecule has 24 heavy (non-hydrogen) atoms. The van der Waals surface area contributed by atoms with Gasteiger partial charge in [0.15, 0.2) is 0 Å². The predicted octanol–water partition coefficient (Wildman–Crippen LogP) is 2.62. The van der Waals surface area contributed by atoms with Crippen molar-refractivity contribution in [1.82, 2.24) is 5.32 Å². The fourth-order valence-corrected chi connectivity index (χ4v) is 2.32. The molecule has 0 saturated carbocycles. The number of aliphatic hydroxyl groups is 1. The molecule has 0 aliphatic rings. The Morgan fingerprint density at radius 3 is 2.50 bits per heavy atom. The van der Waals surface area contributed by atoms with E-state index in [4.69, 9.17) is 4.74 Å². The van der Waals surface area contributed by atoms with Gasteiger partial charge < -0.3 is 15.2 Å². The molecule has 0 aliphatic heterocycles. The average molecular weight is 331 g/mol. The summed E-state index contributed by atoms with van der Waals surface area (Å²) in [4.78, 5) is 11.8. The van der Waals surface area contributed by atoms with Gasteiger partial charge in [0.2, 0.25) is 5.91 Å². The van der Waals surface area contributed by atoms with Gasteiger partial charge in [0.25, 0.3) is 0 Å². The summed E-state index contributed by atoms with van der Waals surface area (Å²) in [5.41, 5.74) is 1.70. The molecule has 0 spiro atoms. The zero-order valence-corrected chi connectivity index (χ0v) is 13.6. The van der Waals surface area contributed by atoms with Crippen LogP contribution in [0.15, 0.2) is 54.6 Å². The van der Waals surface area contributed by atoms with Gasteiger partial charge >= 0.3 is 0 Å². The summed E-state index contributed by atoms with van der Waals surface area (Å²) in [6.07, 6.45) is -0.166. The van der Waals surface area contributed by atoms with Crippen molar-refractivity contribution in [3.8, 4) is 0 Å². The first-order valence-electron chi connectivity index (χ1n) is 7.91. The second-order valence-electron chi connectivity index (χ2n) is 5.64. The maximum absolute atomic E-state index is 12.9. The predicted molar refractivity (Wildman–Crippen MR) is 89.9 cm³/mol. The number of amides is 1. The Kier molecular flexibility index (Phi) is 6.90. The summed E-state index contributed by atoms with van der Waals surface area (Å²) in [6, 6.07) is 14.9. The Bertz CT molecular complexity index is 631. The number of benzene rings is 2. The number of rotatable bonds is 8. The molecule has 2 aromatic rings. The first-order valence-corrected chi connectivity index (χ1v) is 7.91. The van der Waals surface area contributed by atoms with Crippen molar-refractivity contribution in [3.05, 3.63) is 71.5 Å². The molecule has 4 nitrogen and oxygen atoms in total. The van der Waals surface area contributed by atoms with Crippen LogP contribution in [0, 0.1) is 5.82 Å². The van der Waals surface area contributed by atoms with E-state index in [0.717, 1.165) is 12.0 Å². The van der Waals surface area contributed by atoms with E-state index in [9.17, 15) is 14.3 Å². The molecule has 0 saturated heterocycles. The molecule has 0 aliphatic carbocycles. The first kappa shape index (κ1) is 18.1. The van der Waals surface area contributed by atoms with Gasteiger partial charge in [-0.3, -0.25) is 4.79 Å². The normalized spacial score (nSPS) is 13.3. The Balaban J connectivity index is 1.70. The lowest BCUT2D eigenvalue weighted by molar-refractivity contribution is -0.127. The van der Waals surface area contributed by atoms with Gasteiger partial charge in [-0.05, 0) is 36.6 Å². The molecule has 0 fully saturated rings. The molecule has 2 N–H and O–H groups in total. The van der Waals surface area contributed by atoms with E-state index < -0.39 is 12.1 Å². The zero-order valence-electron chi connectivity index (χ0n) is 13.6. The molecule has 2 unspecified atom stereocenters. The number of aliphatic hydroxyl groups excluding tert-OH is 1. The van der Waals surface area contributed by atoms with Gasteiger partial charge in [0, 0.05) is 0 Å². The quantitative estimate of drug-likeness (QED) is 0.731. The second-order valence-corrected chi connectivity index (χ2v) is 5.64. The van der Waals surface area contributed by atoms with Crippen LogP contribution in [-0.2, 0) is 16.0 Å². The van der Waals surface area contributed by atoms with E-state index in [1.807, 2.05) is 30.3 Å². The number of nitrogens with one attached hydrogen (secondary N) is 1. The Labute approximate surface area is 141 Å². The van der Waals surface area contributed by atoms with E-state index in [2.05, 4.69) is 5.32 Å². The van der Waals surface area contributed by atoms with Gasteiger partial charge in [0.05, 0.1) is 18.8 Å². The van der Waals surface area contributed by atoms with E-state index in [-0.39, 0.29) is 18.3 Å². The molecule has 0 radical (unpaired) electrons. The monoisotopic (exact) mass is 331 g/mol. The third-order valence-corrected chi connectivity index (χ3v) is 3.68. The van der Waals surface area contributed by atoms with E-state index in [0.29, 0.717) is 12.2 Å². The summed E-state index contributed by atoms with van der Waals surface area (Å²) >= 11 is 0. The van der Waals surface area contributed by atoms with Crippen LogP contribution < -0.4 is 5.32 Å². The topological polar surface area (TPSA) is 58.6 Å². The minimum Gasteiger partial charge on any atom is -0.386 e. The van der Waals surface area contributed by atoms with Gasteiger partial charge in [0.1, 0.15) is 12.4 Å². The molecule has 1 amide bonds. The smallest absolute Gasteiger partial charge is 0.246 e. The third kappa shape index (κ3) is 5.76. The Morgan fingerprint density at radius 2 is 1.83 bits per heavy atom. The second kappa shape index (κ2) is 9.15. The highest BCUT2D eigenvalue weighted by molar-refractivity contribution is 5.77. The highest BCUT2D eigenvalue weighted by Crippen LogP contribution is 2.17. The van der Waals surface area contributed by atoms with Gasteiger partial charge in [-0.2, -0.15) is 0 Å². The summed E-state index contributed by atoms with van der Waals surface area (Å²) in [5, 5.41) is 12.9. The molecular weight excluding hydrogens is 309 g/mol. The molecule has 2 aromatic carbocycles.